The van der Waals surface area contributed by atoms with E-state index in [1.165, 1.54) is 77.0 Å². The molecule has 0 saturated carbocycles. The summed E-state index contributed by atoms with van der Waals surface area (Å²) in [5.41, 5.74) is 2.72. The maximum Gasteiger partial charge on any atom is 0.339 e. The summed E-state index contributed by atoms with van der Waals surface area (Å²) in [6.45, 7) is 8.69. The highest BCUT2D eigenvalue weighted by molar-refractivity contribution is 6.05. The van der Waals surface area contributed by atoms with E-state index in [4.69, 9.17) is 9.47 Å². The molecule has 0 heterocycles. The van der Waals surface area contributed by atoms with Crippen molar-refractivity contribution in [1.29, 1.82) is 0 Å². The van der Waals surface area contributed by atoms with Crippen LogP contribution in [-0.2, 0) is 22.3 Å². The number of unbranched alkanes of at least 4 members (excludes halogenated alkanes) is 14. The summed E-state index contributed by atoms with van der Waals surface area (Å²) in [4.78, 5) is 26.1. The Labute approximate surface area is 221 Å². The monoisotopic (exact) mass is 502 g/mol. The molecule has 0 unspecified atom stereocenters. The number of hydrogen-bond donors (Lipinski definition) is 0. The average molecular weight is 503 g/mol. The minimum atomic E-state index is -0.395. The normalized spacial score (nSPS) is 11.0. The lowest BCUT2D eigenvalue weighted by Gasteiger charge is -2.17. The van der Waals surface area contributed by atoms with Crippen LogP contribution in [0.4, 0.5) is 0 Å². The fourth-order valence-corrected chi connectivity index (χ4v) is 4.88. The van der Waals surface area contributed by atoms with E-state index in [-0.39, 0.29) is 0 Å². The first-order valence-corrected chi connectivity index (χ1v) is 15.1. The molecule has 0 aliphatic heterocycles. The predicted octanol–water partition coefficient (Wildman–Crippen LogP) is 9.41. The Kier molecular flexibility index (Phi) is 19.0. The molecule has 4 heteroatoms. The van der Waals surface area contributed by atoms with Gasteiger partial charge < -0.3 is 9.47 Å². The average Bonchev–Trinajstić information content (AvgIpc) is 2.87. The van der Waals surface area contributed by atoms with Crippen LogP contribution in [0.25, 0.3) is 0 Å². The van der Waals surface area contributed by atoms with E-state index in [1.807, 2.05) is 13.8 Å². The lowest BCUT2D eigenvalue weighted by molar-refractivity contribution is 0.0476. The van der Waals surface area contributed by atoms with E-state index in [0.717, 1.165) is 49.7 Å². The van der Waals surface area contributed by atoms with Crippen molar-refractivity contribution in [2.24, 2.45) is 0 Å². The van der Waals surface area contributed by atoms with E-state index >= 15 is 0 Å². The minimum Gasteiger partial charge on any atom is -0.462 e. The predicted molar refractivity (Wildman–Crippen MR) is 151 cm³/mol. The molecule has 36 heavy (non-hydrogen) atoms. The first-order chi connectivity index (χ1) is 17.6. The Morgan fingerprint density at radius 3 is 1.11 bits per heavy atom. The second-order valence-corrected chi connectivity index (χ2v) is 10.0. The Hall–Kier alpha value is -1.84. The fourth-order valence-electron chi connectivity index (χ4n) is 4.88. The summed E-state index contributed by atoms with van der Waals surface area (Å²) in [6, 6.07) is 4.10. The molecule has 0 bridgehead atoms. The van der Waals surface area contributed by atoms with E-state index in [9.17, 15) is 9.59 Å². The van der Waals surface area contributed by atoms with Gasteiger partial charge in [-0.05, 0) is 50.7 Å². The number of benzene rings is 1. The summed E-state index contributed by atoms with van der Waals surface area (Å²) >= 11 is 0. The van der Waals surface area contributed by atoms with Crippen LogP contribution in [0.3, 0.4) is 0 Å². The van der Waals surface area contributed by atoms with Crippen molar-refractivity contribution in [1.82, 2.24) is 0 Å². The summed E-state index contributed by atoms with van der Waals surface area (Å²) in [5, 5.41) is 0. The van der Waals surface area contributed by atoms with Gasteiger partial charge >= 0.3 is 11.9 Å². The first kappa shape index (κ1) is 32.2. The smallest absolute Gasteiger partial charge is 0.339 e. The third kappa shape index (κ3) is 12.9. The molecule has 0 aromatic heterocycles. The highest BCUT2D eigenvalue weighted by atomic mass is 16.5. The molecule has 4 nitrogen and oxygen atoms in total. The lowest BCUT2D eigenvalue weighted by Crippen LogP contribution is -2.19. The molecule has 1 aromatic rings. The highest BCUT2D eigenvalue weighted by Crippen LogP contribution is 2.26. The molecule has 0 radical (unpaired) electrons. The van der Waals surface area contributed by atoms with Crippen molar-refractivity contribution >= 4 is 11.9 Å². The molecular formula is C32H54O4. The molecule has 1 aromatic carbocycles. The van der Waals surface area contributed by atoms with Crippen LogP contribution in [-0.4, -0.2) is 25.2 Å². The van der Waals surface area contributed by atoms with Gasteiger partial charge in [-0.2, -0.15) is 0 Å². The van der Waals surface area contributed by atoms with E-state index in [1.54, 1.807) is 0 Å². The molecule has 0 N–H and O–H groups in total. The Balaban J connectivity index is 2.89. The first-order valence-electron chi connectivity index (χ1n) is 15.1. The maximum absolute atomic E-state index is 13.1. The number of rotatable bonds is 22. The molecule has 0 amide bonds. The summed E-state index contributed by atoms with van der Waals surface area (Å²) in [6.07, 6.45) is 21.3. The topological polar surface area (TPSA) is 52.6 Å². The summed E-state index contributed by atoms with van der Waals surface area (Å²) < 4.78 is 10.8. The third-order valence-electron chi connectivity index (χ3n) is 6.94. The van der Waals surface area contributed by atoms with Crippen LogP contribution in [0.15, 0.2) is 12.1 Å². The van der Waals surface area contributed by atoms with Crippen LogP contribution in [0.1, 0.15) is 162 Å². The molecule has 0 fully saturated rings. The SMILES string of the molecule is CCCCCCCCCCc1ccc(CCCCCCCCCC)c(C(=O)OCC)c1C(=O)OCC. The van der Waals surface area contributed by atoms with Crippen LogP contribution in [0.5, 0.6) is 0 Å². The van der Waals surface area contributed by atoms with Crippen molar-refractivity contribution < 1.29 is 19.1 Å². The van der Waals surface area contributed by atoms with Gasteiger partial charge in [-0.15, -0.1) is 0 Å². The van der Waals surface area contributed by atoms with Crippen LogP contribution in [0.2, 0.25) is 0 Å². The van der Waals surface area contributed by atoms with E-state index in [2.05, 4.69) is 26.0 Å². The zero-order valence-electron chi connectivity index (χ0n) is 23.9. The maximum atomic E-state index is 13.1. The van der Waals surface area contributed by atoms with Gasteiger partial charge in [-0.1, -0.05) is 116 Å². The van der Waals surface area contributed by atoms with Gasteiger partial charge in [0.05, 0.1) is 24.3 Å². The second-order valence-electron chi connectivity index (χ2n) is 10.0. The van der Waals surface area contributed by atoms with E-state index in [0.29, 0.717) is 24.3 Å². The quantitative estimate of drug-likeness (QED) is 0.117. The molecule has 206 valence electrons. The van der Waals surface area contributed by atoms with Crippen molar-refractivity contribution in [3.63, 3.8) is 0 Å². The van der Waals surface area contributed by atoms with Gasteiger partial charge in [0, 0.05) is 0 Å². The van der Waals surface area contributed by atoms with Crippen LogP contribution >= 0.6 is 0 Å². The molecule has 0 saturated heterocycles. The van der Waals surface area contributed by atoms with Gasteiger partial charge in [0.25, 0.3) is 0 Å². The standard InChI is InChI=1S/C32H54O4/c1-5-9-11-13-15-17-19-21-23-27-25-26-28(24-22-20-18-16-14-12-10-6-2)30(32(34)36-8-4)29(27)31(33)35-7-3/h25-26H,5-24H2,1-4H3. The number of aryl methyl sites for hydroxylation is 2. The molecule has 1 rings (SSSR count). The van der Waals surface area contributed by atoms with E-state index < -0.39 is 11.9 Å². The zero-order valence-corrected chi connectivity index (χ0v) is 23.9. The van der Waals surface area contributed by atoms with Gasteiger partial charge in [-0.3, -0.25) is 0 Å². The largest absolute Gasteiger partial charge is 0.462 e. The Morgan fingerprint density at radius 1 is 0.500 bits per heavy atom. The Morgan fingerprint density at radius 2 is 0.806 bits per heavy atom. The van der Waals surface area contributed by atoms with Gasteiger partial charge in [0.15, 0.2) is 0 Å². The molecule has 0 atom stereocenters. The van der Waals surface area contributed by atoms with Crippen molar-refractivity contribution in [3.05, 3.63) is 34.4 Å². The van der Waals surface area contributed by atoms with Crippen molar-refractivity contribution in [2.75, 3.05) is 13.2 Å². The number of ether oxygens (including phenoxy) is 2. The summed E-state index contributed by atoms with van der Waals surface area (Å²) in [5.74, 6) is -0.791. The number of hydrogen-bond acceptors (Lipinski definition) is 4. The van der Waals surface area contributed by atoms with Crippen LogP contribution in [0, 0.1) is 0 Å². The highest BCUT2D eigenvalue weighted by Gasteiger charge is 2.26. The van der Waals surface area contributed by atoms with Crippen molar-refractivity contribution in [3.8, 4) is 0 Å². The van der Waals surface area contributed by atoms with Gasteiger partial charge in [-0.25, -0.2) is 9.59 Å². The van der Waals surface area contributed by atoms with Gasteiger partial charge in [0.1, 0.15) is 0 Å². The van der Waals surface area contributed by atoms with Crippen LogP contribution < -0.4 is 0 Å². The molecule has 0 spiro atoms. The van der Waals surface area contributed by atoms with Gasteiger partial charge in [0.2, 0.25) is 0 Å². The number of esters is 2. The number of carbonyl (C=O) groups is 2. The zero-order chi connectivity index (χ0) is 26.4. The lowest BCUT2D eigenvalue weighted by atomic mass is 9.90. The molecule has 0 aliphatic carbocycles. The number of carbonyl (C=O) groups excluding carboxylic acids is 2. The summed E-state index contributed by atoms with van der Waals surface area (Å²) in [7, 11) is 0. The third-order valence-corrected chi connectivity index (χ3v) is 6.94. The van der Waals surface area contributed by atoms with Crippen molar-refractivity contribution in [2.45, 2.75) is 143 Å². The second kappa shape index (κ2) is 21.3. The minimum absolute atomic E-state index is 0.292. The molecule has 0 aliphatic rings. The fraction of sp³-hybridized carbons (Fsp3) is 0.750. The molecular weight excluding hydrogens is 448 g/mol. The Bertz CT molecular complexity index is 664.